The third kappa shape index (κ3) is 3.56. The summed E-state index contributed by atoms with van der Waals surface area (Å²) in [7, 11) is 0. The molecule has 0 fully saturated rings. The molecule has 0 aliphatic rings. The monoisotopic (exact) mass is 245 g/mol. The molecule has 0 saturated heterocycles. The maximum atomic E-state index is 12.0. The van der Waals surface area contributed by atoms with Crippen LogP contribution in [0.5, 0.6) is 0 Å². The first-order valence-corrected chi connectivity index (χ1v) is 4.65. The minimum Gasteiger partial charge on any atom is -0.387 e. The summed E-state index contributed by atoms with van der Waals surface area (Å²) in [5.41, 5.74) is -0.147. The lowest BCUT2D eigenvalue weighted by molar-refractivity contribution is -0.384. The summed E-state index contributed by atoms with van der Waals surface area (Å²) in [6, 6.07) is 4.53. The van der Waals surface area contributed by atoms with Crippen LogP contribution < -0.4 is 0 Å². The number of nitrogens with zero attached hydrogens (tertiary/aromatic N) is 1. The zero-order chi connectivity index (χ0) is 13.0. The molecule has 1 N–H and O–H groups in total. The van der Waals surface area contributed by atoms with Crippen LogP contribution in [0.15, 0.2) is 24.3 Å². The van der Waals surface area contributed by atoms with E-state index < -0.39 is 29.7 Å². The minimum absolute atomic E-state index is 0.0512. The SMILES string of the molecule is O=C(CC(O)C(F)F)c1ccc([N+](=O)[O-])cc1. The Kier molecular flexibility index (Phi) is 4.22. The third-order valence-electron chi connectivity index (χ3n) is 2.09. The van der Waals surface area contributed by atoms with E-state index in [1.54, 1.807) is 0 Å². The molecule has 1 rings (SSSR count). The first-order chi connectivity index (χ1) is 7.91. The Morgan fingerprint density at radius 1 is 1.35 bits per heavy atom. The third-order valence-corrected chi connectivity index (χ3v) is 2.09. The van der Waals surface area contributed by atoms with Gasteiger partial charge in [-0.3, -0.25) is 14.9 Å². The Morgan fingerprint density at radius 2 is 1.88 bits per heavy atom. The topological polar surface area (TPSA) is 80.4 Å². The van der Waals surface area contributed by atoms with E-state index in [4.69, 9.17) is 5.11 Å². The number of carbonyl (C=O) groups is 1. The van der Waals surface area contributed by atoms with Gasteiger partial charge in [0.05, 0.1) is 4.92 Å². The maximum Gasteiger partial charge on any atom is 0.269 e. The van der Waals surface area contributed by atoms with Gasteiger partial charge < -0.3 is 5.11 Å². The molecule has 1 atom stereocenters. The van der Waals surface area contributed by atoms with Crippen LogP contribution in [0.3, 0.4) is 0 Å². The number of hydrogen-bond donors (Lipinski definition) is 1. The Hall–Kier alpha value is -1.89. The summed E-state index contributed by atoms with van der Waals surface area (Å²) in [6.45, 7) is 0. The lowest BCUT2D eigenvalue weighted by atomic mass is 10.1. The number of alkyl halides is 2. The number of halogens is 2. The maximum absolute atomic E-state index is 12.0. The summed E-state index contributed by atoms with van der Waals surface area (Å²) in [4.78, 5) is 21.1. The van der Waals surface area contributed by atoms with Gasteiger partial charge in [0.25, 0.3) is 12.1 Å². The predicted molar refractivity (Wildman–Crippen MR) is 54.1 cm³/mol. The van der Waals surface area contributed by atoms with Crippen LogP contribution in [0.1, 0.15) is 16.8 Å². The zero-order valence-corrected chi connectivity index (χ0v) is 8.55. The molecule has 0 aromatic heterocycles. The van der Waals surface area contributed by atoms with Crippen molar-refractivity contribution in [2.24, 2.45) is 0 Å². The smallest absolute Gasteiger partial charge is 0.269 e. The number of nitro groups is 1. The summed E-state index contributed by atoms with van der Waals surface area (Å²) < 4.78 is 24.0. The van der Waals surface area contributed by atoms with E-state index in [0.29, 0.717) is 0 Å². The van der Waals surface area contributed by atoms with Gasteiger partial charge in [0, 0.05) is 24.1 Å². The van der Waals surface area contributed by atoms with Crippen molar-refractivity contribution in [3.8, 4) is 0 Å². The number of Topliss-reactive ketones (excluding diaryl/α,β-unsaturated/α-hetero) is 1. The van der Waals surface area contributed by atoms with E-state index in [-0.39, 0.29) is 11.3 Å². The molecule has 0 spiro atoms. The van der Waals surface area contributed by atoms with Gasteiger partial charge in [0.2, 0.25) is 0 Å². The zero-order valence-electron chi connectivity index (χ0n) is 8.55. The second-order valence-corrected chi connectivity index (χ2v) is 3.33. The molecule has 17 heavy (non-hydrogen) atoms. The molecule has 0 bridgehead atoms. The van der Waals surface area contributed by atoms with Crippen molar-refractivity contribution >= 4 is 11.5 Å². The fraction of sp³-hybridized carbons (Fsp3) is 0.300. The molecule has 7 heteroatoms. The van der Waals surface area contributed by atoms with Gasteiger partial charge in [-0.25, -0.2) is 8.78 Å². The predicted octanol–water partition coefficient (Wildman–Crippen LogP) is 1.79. The van der Waals surface area contributed by atoms with Gasteiger partial charge in [-0.15, -0.1) is 0 Å². The van der Waals surface area contributed by atoms with Crippen LogP contribution >= 0.6 is 0 Å². The van der Waals surface area contributed by atoms with Crippen LogP contribution in [0.25, 0.3) is 0 Å². The molecule has 0 aliphatic heterocycles. The average molecular weight is 245 g/mol. The quantitative estimate of drug-likeness (QED) is 0.487. The lowest BCUT2D eigenvalue weighted by Gasteiger charge is -2.07. The number of benzene rings is 1. The highest BCUT2D eigenvalue weighted by atomic mass is 19.3. The average Bonchev–Trinajstić information content (AvgIpc) is 2.28. The number of non-ortho nitro benzene ring substituents is 1. The molecule has 5 nitrogen and oxygen atoms in total. The van der Waals surface area contributed by atoms with Crippen molar-refractivity contribution < 1.29 is 23.6 Å². The van der Waals surface area contributed by atoms with Crippen molar-refractivity contribution in [1.82, 2.24) is 0 Å². The minimum atomic E-state index is -2.99. The van der Waals surface area contributed by atoms with Crippen LogP contribution in [-0.4, -0.2) is 28.3 Å². The summed E-state index contributed by atoms with van der Waals surface area (Å²) in [5.74, 6) is -0.687. The number of ketones is 1. The molecule has 92 valence electrons. The Balaban J connectivity index is 2.73. The summed E-state index contributed by atoms with van der Waals surface area (Å²) >= 11 is 0. The highest BCUT2D eigenvalue weighted by Gasteiger charge is 2.21. The van der Waals surface area contributed by atoms with Crippen molar-refractivity contribution in [3.05, 3.63) is 39.9 Å². The number of carbonyl (C=O) groups excluding carboxylic acids is 1. The standard InChI is InChI=1S/C10H9F2NO4/c11-10(12)9(15)5-8(14)6-1-3-7(4-2-6)13(16)17/h1-4,9-10,15H,5H2. The molecule has 0 heterocycles. The number of rotatable bonds is 5. The van der Waals surface area contributed by atoms with Crippen molar-refractivity contribution in [3.63, 3.8) is 0 Å². The number of aliphatic hydroxyl groups excluding tert-OH is 1. The van der Waals surface area contributed by atoms with E-state index in [2.05, 4.69) is 0 Å². The normalized spacial score (nSPS) is 12.5. The van der Waals surface area contributed by atoms with Crippen LogP contribution in [0.4, 0.5) is 14.5 Å². The molecule has 0 amide bonds. The van der Waals surface area contributed by atoms with Gasteiger partial charge >= 0.3 is 0 Å². The molecule has 0 radical (unpaired) electrons. The van der Waals surface area contributed by atoms with Gasteiger partial charge in [-0.05, 0) is 12.1 Å². The second kappa shape index (κ2) is 5.44. The summed E-state index contributed by atoms with van der Waals surface area (Å²) in [5, 5.41) is 19.2. The van der Waals surface area contributed by atoms with E-state index >= 15 is 0 Å². The first-order valence-electron chi connectivity index (χ1n) is 4.65. The van der Waals surface area contributed by atoms with Crippen molar-refractivity contribution in [2.75, 3.05) is 0 Å². The first kappa shape index (κ1) is 13.2. The Morgan fingerprint density at radius 3 is 2.29 bits per heavy atom. The molecule has 0 saturated carbocycles. The van der Waals surface area contributed by atoms with E-state index in [0.717, 1.165) is 12.1 Å². The molecular weight excluding hydrogens is 236 g/mol. The van der Waals surface area contributed by atoms with Crippen LogP contribution in [-0.2, 0) is 0 Å². The number of aliphatic hydroxyl groups is 1. The number of hydrogen-bond acceptors (Lipinski definition) is 4. The molecule has 1 aromatic rings. The van der Waals surface area contributed by atoms with Gasteiger partial charge in [0.1, 0.15) is 6.10 Å². The second-order valence-electron chi connectivity index (χ2n) is 3.33. The summed E-state index contributed by atoms with van der Waals surface area (Å²) in [6.07, 6.45) is -5.72. The fourth-order valence-corrected chi connectivity index (χ4v) is 1.17. The fourth-order valence-electron chi connectivity index (χ4n) is 1.17. The highest BCUT2D eigenvalue weighted by Crippen LogP contribution is 2.15. The Bertz CT molecular complexity index is 419. The van der Waals surface area contributed by atoms with E-state index in [1.807, 2.05) is 0 Å². The molecule has 1 aromatic carbocycles. The Labute approximate surface area is 94.8 Å². The van der Waals surface area contributed by atoms with Gasteiger partial charge in [-0.1, -0.05) is 0 Å². The molecule has 0 aliphatic carbocycles. The van der Waals surface area contributed by atoms with E-state index in [1.165, 1.54) is 12.1 Å². The van der Waals surface area contributed by atoms with Crippen molar-refractivity contribution in [2.45, 2.75) is 19.0 Å². The van der Waals surface area contributed by atoms with Crippen LogP contribution in [0.2, 0.25) is 0 Å². The van der Waals surface area contributed by atoms with Crippen LogP contribution in [0, 0.1) is 10.1 Å². The highest BCUT2D eigenvalue weighted by molar-refractivity contribution is 5.96. The van der Waals surface area contributed by atoms with Gasteiger partial charge in [-0.2, -0.15) is 0 Å². The van der Waals surface area contributed by atoms with Crippen molar-refractivity contribution in [1.29, 1.82) is 0 Å². The largest absolute Gasteiger partial charge is 0.387 e. The van der Waals surface area contributed by atoms with Gasteiger partial charge in [0.15, 0.2) is 5.78 Å². The molecular formula is C10H9F2NO4. The van der Waals surface area contributed by atoms with E-state index in [9.17, 15) is 23.7 Å². The lowest BCUT2D eigenvalue weighted by Crippen LogP contribution is -2.21. The number of nitro benzene ring substituents is 1. The molecule has 1 unspecified atom stereocenters.